The summed E-state index contributed by atoms with van der Waals surface area (Å²) in [6, 6.07) is 6.25. The van der Waals surface area contributed by atoms with Crippen molar-refractivity contribution in [3.05, 3.63) is 48.0 Å². The molecular weight excluding hydrogens is 267 g/mol. The molecule has 0 spiro atoms. The molecule has 2 aromatic rings. The summed E-state index contributed by atoms with van der Waals surface area (Å²) in [6.45, 7) is 2.12. The number of hydrogen-bond acceptors (Lipinski definition) is 3. The Labute approximate surface area is 124 Å². The lowest BCUT2D eigenvalue weighted by molar-refractivity contribution is 0.463. The van der Waals surface area contributed by atoms with E-state index in [2.05, 4.69) is 22.3 Å². The average molecular weight is 286 g/mol. The van der Waals surface area contributed by atoms with Gasteiger partial charge in [0, 0.05) is 18.3 Å². The Morgan fingerprint density at radius 3 is 2.71 bits per heavy atom. The van der Waals surface area contributed by atoms with Crippen LogP contribution in [0.15, 0.2) is 36.7 Å². The van der Waals surface area contributed by atoms with E-state index in [9.17, 15) is 4.39 Å². The van der Waals surface area contributed by atoms with Crippen LogP contribution in [0.3, 0.4) is 0 Å². The lowest BCUT2D eigenvalue weighted by atomic mass is 10.3. The Bertz CT molecular complexity index is 620. The highest BCUT2D eigenvalue weighted by molar-refractivity contribution is 5.31. The highest BCUT2D eigenvalue weighted by Gasteiger charge is 2.00. The summed E-state index contributed by atoms with van der Waals surface area (Å²) < 4.78 is 14.6. The van der Waals surface area contributed by atoms with E-state index < -0.39 is 0 Å². The maximum absolute atomic E-state index is 12.9. The molecule has 0 aliphatic rings. The number of aromatic nitrogens is 2. The van der Waals surface area contributed by atoms with Crippen molar-refractivity contribution in [2.45, 2.75) is 6.54 Å². The van der Waals surface area contributed by atoms with Crippen molar-refractivity contribution in [3.8, 4) is 17.5 Å². The number of nitrogens with zero attached hydrogens (tertiary/aromatic N) is 3. The standard InChI is InChI=1S/C16H19FN4/c1-20(2)10-4-3-9-18-11-14-12-19-21(13-14)16-7-5-15(17)6-8-16/h5-8,12-13,18H,9-11H2,1-2H3. The third-order valence-electron chi connectivity index (χ3n) is 2.79. The van der Waals surface area contributed by atoms with Gasteiger partial charge < -0.3 is 5.32 Å². The van der Waals surface area contributed by atoms with Gasteiger partial charge in [-0.05, 0) is 38.4 Å². The fourth-order valence-electron chi connectivity index (χ4n) is 1.73. The van der Waals surface area contributed by atoms with Crippen LogP contribution in [0.1, 0.15) is 5.56 Å². The topological polar surface area (TPSA) is 33.1 Å². The van der Waals surface area contributed by atoms with E-state index in [1.165, 1.54) is 12.1 Å². The predicted octanol–water partition coefficient (Wildman–Crippen LogP) is 1.67. The van der Waals surface area contributed by atoms with Gasteiger partial charge in [-0.15, -0.1) is 0 Å². The molecular formula is C16H19FN4. The minimum Gasteiger partial charge on any atom is -0.302 e. The Balaban J connectivity index is 1.83. The molecule has 0 aliphatic carbocycles. The van der Waals surface area contributed by atoms with E-state index in [0.29, 0.717) is 13.1 Å². The van der Waals surface area contributed by atoms with E-state index in [4.69, 9.17) is 0 Å². The minimum atomic E-state index is -0.246. The smallest absolute Gasteiger partial charge is 0.123 e. The largest absolute Gasteiger partial charge is 0.302 e. The summed E-state index contributed by atoms with van der Waals surface area (Å²) in [7, 11) is 3.98. The summed E-state index contributed by atoms with van der Waals surface area (Å²) >= 11 is 0. The van der Waals surface area contributed by atoms with Gasteiger partial charge in [-0.2, -0.15) is 5.10 Å². The van der Waals surface area contributed by atoms with Gasteiger partial charge >= 0.3 is 0 Å². The zero-order chi connectivity index (χ0) is 15.1. The third-order valence-corrected chi connectivity index (χ3v) is 2.79. The molecule has 110 valence electrons. The van der Waals surface area contributed by atoms with Gasteiger partial charge in [0.1, 0.15) is 5.82 Å². The van der Waals surface area contributed by atoms with Crippen LogP contribution in [0, 0.1) is 17.7 Å². The summed E-state index contributed by atoms with van der Waals surface area (Å²) in [5, 5.41) is 7.51. The van der Waals surface area contributed by atoms with Crippen LogP contribution < -0.4 is 5.32 Å². The zero-order valence-corrected chi connectivity index (χ0v) is 12.3. The quantitative estimate of drug-likeness (QED) is 0.670. The molecule has 2 rings (SSSR count). The fourth-order valence-corrected chi connectivity index (χ4v) is 1.73. The molecule has 0 bridgehead atoms. The second-order valence-electron chi connectivity index (χ2n) is 4.96. The van der Waals surface area contributed by atoms with Crippen LogP contribution in [0.4, 0.5) is 4.39 Å². The number of benzene rings is 1. The Hall–Kier alpha value is -2.16. The lowest BCUT2D eigenvalue weighted by Crippen LogP contribution is -2.14. The Kier molecular flexibility index (Phi) is 5.50. The second kappa shape index (κ2) is 7.58. The van der Waals surface area contributed by atoms with Crippen LogP contribution in [-0.4, -0.2) is 41.9 Å². The van der Waals surface area contributed by atoms with Gasteiger partial charge in [0.25, 0.3) is 0 Å². The van der Waals surface area contributed by atoms with Gasteiger partial charge in [-0.3, -0.25) is 4.90 Å². The van der Waals surface area contributed by atoms with E-state index in [-0.39, 0.29) is 5.82 Å². The third kappa shape index (κ3) is 5.03. The van der Waals surface area contributed by atoms with Crippen LogP contribution in [0.5, 0.6) is 0 Å². The molecule has 1 aromatic heterocycles. The first kappa shape index (κ1) is 15.2. The van der Waals surface area contributed by atoms with Crippen LogP contribution in [0.25, 0.3) is 5.69 Å². The first-order chi connectivity index (χ1) is 10.1. The minimum absolute atomic E-state index is 0.246. The molecule has 0 amide bonds. The zero-order valence-electron chi connectivity index (χ0n) is 12.3. The van der Waals surface area contributed by atoms with Gasteiger partial charge in [-0.25, -0.2) is 9.07 Å². The molecule has 0 fully saturated rings. The molecule has 0 saturated carbocycles. The maximum Gasteiger partial charge on any atom is 0.123 e. The van der Waals surface area contributed by atoms with Crippen molar-refractivity contribution < 1.29 is 4.39 Å². The first-order valence-corrected chi connectivity index (χ1v) is 6.76. The molecule has 4 nitrogen and oxygen atoms in total. The normalized spacial score (nSPS) is 10.5. The van der Waals surface area contributed by atoms with E-state index in [0.717, 1.165) is 17.8 Å². The highest BCUT2D eigenvalue weighted by atomic mass is 19.1. The summed E-state index contributed by atoms with van der Waals surface area (Å²) in [5.74, 6) is 5.88. The molecule has 0 atom stereocenters. The maximum atomic E-state index is 12.9. The van der Waals surface area contributed by atoms with Crippen molar-refractivity contribution in [1.29, 1.82) is 0 Å². The molecule has 1 heterocycles. The van der Waals surface area contributed by atoms with Crippen molar-refractivity contribution >= 4 is 0 Å². The summed E-state index contributed by atoms with van der Waals surface area (Å²) in [4.78, 5) is 2.03. The molecule has 0 saturated heterocycles. The number of halogens is 1. The van der Waals surface area contributed by atoms with Crippen molar-refractivity contribution in [3.63, 3.8) is 0 Å². The van der Waals surface area contributed by atoms with Crippen LogP contribution in [0.2, 0.25) is 0 Å². The SMILES string of the molecule is CN(C)CC#CCNCc1cnn(-c2ccc(F)cc2)c1. The molecule has 5 heteroatoms. The van der Waals surface area contributed by atoms with Gasteiger partial charge in [0.2, 0.25) is 0 Å². The van der Waals surface area contributed by atoms with Crippen molar-refractivity contribution in [2.75, 3.05) is 27.2 Å². The monoisotopic (exact) mass is 286 g/mol. The molecule has 0 aliphatic heterocycles. The Morgan fingerprint density at radius 1 is 1.24 bits per heavy atom. The van der Waals surface area contributed by atoms with Crippen LogP contribution in [-0.2, 0) is 6.54 Å². The Morgan fingerprint density at radius 2 is 2.00 bits per heavy atom. The van der Waals surface area contributed by atoms with E-state index >= 15 is 0 Å². The number of rotatable bonds is 5. The second-order valence-corrected chi connectivity index (χ2v) is 4.96. The summed E-state index contributed by atoms with van der Waals surface area (Å²) in [5.41, 5.74) is 1.90. The van der Waals surface area contributed by atoms with Gasteiger partial charge in [-0.1, -0.05) is 11.8 Å². The first-order valence-electron chi connectivity index (χ1n) is 6.76. The number of hydrogen-bond donors (Lipinski definition) is 1. The molecule has 0 radical (unpaired) electrons. The average Bonchev–Trinajstić information content (AvgIpc) is 2.92. The van der Waals surface area contributed by atoms with Crippen molar-refractivity contribution in [1.82, 2.24) is 20.0 Å². The fraction of sp³-hybridized carbons (Fsp3) is 0.312. The van der Waals surface area contributed by atoms with E-state index in [1.807, 2.05) is 25.2 Å². The number of nitrogens with one attached hydrogen (secondary N) is 1. The molecule has 21 heavy (non-hydrogen) atoms. The van der Waals surface area contributed by atoms with Crippen molar-refractivity contribution in [2.24, 2.45) is 0 Å². The van der Waals surface area contributed by atoms with Gasteiger partial charge in [0.05, 0.1) is 25.0 Å². The predicted molar refractivity (Wildman–Crippen MR) is 81.6 cm³/mol. The van der Waals surface area contributed by atoms with Crippen LogP contribution >= 0.6 is 0 Å². The lowest BCUT2D eigenvalue weighted by Gasteiger charge is -2.01. The highest BCUT2D eigenvalue weighted by Crippen LogP contribution is 2.09. The molecule has 0 unspecified atom stereocenters. The van der Waals surface area contributed by atoms with Gasteiger partial charge in [0.15, 0.2) is 0 Å². The molecule has 1 aromatic carbocycles. The van der Waals surface area contributed by atoms with E-state index in [1.54, 1.807) is 23.0 Å². The molecule has 1 N–H and O–H groups in total. The summed E-state index contributed by atoms with van der Waals surface area (Å²) in [6.07, 6.45) is 3.72.